The zero-order valence-electron chi connectivity index (χ0n) is 19.4. The van der Waals surface area contributed by atoms with Gasteiger partial charge in [-0.15, -0.1) is 10.2 Å². The number of aryl methyl sites for hydroxylation is 3. The molecule has 34 heavy (non-hydrogen) atoms. The zero-order valence-corrected chi connectivity index (χ0v) is 21.0. The molecule has 4 aromatic rings. The Morgan fingerprint density at radius 1 is 1.12 bits per heavy atom. The molecule has 5 rings (SSSR count). The molecule has 1 amide bonds. The number of aromatic nitrogens is 3. The van der Waals surface area contributed by atoms with E-state index in [1.807, 2.05) is 62.1 Å². The van der Waals surface area contributed by atoms with Crippen molar-refractivity contribution in [1.29, 1.82) is 0 Å². The van der Waals surface area contributed by atoms with Crippen molar-refractivity contribution in [1.82, 2.24) is 20.5 Å². The van der Waals surface area contributed by atoms with E-state index in [4.69, 9.17) is 16.6 Å². The second-order valence-corrected chi connectivity index (χ2v) is 10.4. The fourth-order valence-corrected chi connectivity index (χ4v) is 5.77. The Hall–Kier alpha value is -2.87. The third-order valence-electron chi connectivity index (χ3n) is 6.32. The Morgan fingerprint density at radius 2 is 1.97 bits per heavy atom. The molecule has 0 spiro atoms. The van der Waals surface area contributed by atoms with Gasteiger partial charge in [0.2, 0.25) is 0 Å². The van der Waals surface area contributed by atoms with E-state index < -0.39 is 0 Å². The molecule has 1 aliphatic rings. The standard InChI is InChI=1S/C26H26ClN5OS/c1-15-11-19(6-7-22(15)25-31-30-17(3)34-25)26(33)32(21-5-4-9-28-14-21)24-23-16(2)12-20(27)13-18(23)8-10-29-24/h6-8,10-13,21,28H,4-5,9,14H2,1-3H3. The van der Waals surface area contributed by atoms with Crippen molar-refractivity contribution < 1.29 is 4.79 Å². The van der Waals surface area contributed by atoms with Crippen LogP contribution in [0.1, 0.15) is 39.3 Å². The molecule has 1 N–H and O–H groups in total. The summed E-state index contributed by atoms with van der Waals surface area (Å²) in [6.07, 6.45) is 3.69. The minimum atomic E-state index is -0.0499. The van der Waals surface area contributed by atoms with Crippen molar-refractivity contribution >= 4 is 45.4 Å². The summed E-state index contributed by atoms with van der Waals surface area (Å²) in [5, 5.41) is 16.3. The summed E-state index contributed by atoms with van der Waals surface area (Å²) >= 11 is 7.88. The minimum absolute atomic E-state index is 0.0141. The van der Waals surface area contributed by atoms with Gasteiger partial charge in [0.05, 0.1) is 6.04 Å². The largest absolute Gasteiger partial charge is 0.315 e. The monoisotopic (exact) mass is 491 g/mol. The van der Waals surface area contributed by atoms with E-state index in [0.29, 0.717) is 16.4 Å². The van der Waals surface area contributed by atoms with Gasteiger partial charge in [0.25, 0.3) is 5.91 Å². The van der Waals surface area contributed by atoms with Crippen LogP contribution in [-0.4, -0.2) is 40.2 Å². The highest BCUT2D eigenvalue weighted by Crippen LogP contribution is 2.34. The summed E-state index contributed by atoms with van der Waals surface area (Å²) in [7, 11) is 0. The van der Waals surface area contributed by atoms with Gasteiger partial charge < -0.3 is 5.32 Å². The van der Waals surface area contributed by atoms with Gasteiger partial charge in [-0.05, 0) is 87.0 Å². The molecule has 1 fully saturated rings. The number of nitrogens with one attached hydrogen (secondary N) is 1. The molecule has 174 valence electrons. The maximum atomic E-state index is 14.1. The van der Waals surface area contributed by atoms with E-state index in [9.17, 15) is 4.79 Å². The van der Waals surface area contributed by atoms with E-state index in [-0.39, 0.29) is 11.9 Å². The smallest absolute Gasteiger partial charge is 0.259 e. The molecule has 8 heteroatoms. The molecule has 1 unspecified atom stereocenters. The van der Waals surface area contributed by atoms with Gasteiger partial charge >= 0.3 is 0 Å². The maximum Gasteiger partial charge on any atom is 0.259 e. The van der Waals surface area contributed by atoms with Crippen LogP contribution in [0.2, 0.25) is 5.02 Å². The van der Waals surface area contributed by atoms with Gasteiger partial charge in [-0.1, -0.05) is 29.0 Å². The number of nitrogens with zero attached hydrogens (tertiary/aromatic N) is 4. The molecular formula is C26H26ClN5OS. The Kier molecular flexibility index (Phi) is 6.34. The first-order valence-electron chi connectivity index (χ1n) is 11.4. The van der Waals surface area contributed by atoms with Crippen LogP contribution in [0, 0.1) is 20.8 Å². The summed E-state index contributed by atoms with van der Waals surface area (Å²) in [6.45, 7) is 7.67. The van der Waals surface area contributed by atoms with Gasteiger partial charge in [0.1, 0.15) is 15.8 Å². The highest BCUT2D eigenvalue weighted by molar-refractivity contribution is 7.14. The van der Waals surface area contributed by atoms with Crippen LogP contribution in [0.4, 0.5) is 5.82 Å². The number of fused-ring (bicyclic) bond motifs is 1. The molecule has 0 saturated carbocycles. The van der Waals surface area contributed by atoms with Crippen molar-refractivity contribution in [2.45, 2.75) is 39.7 Å². The number of pyridine rings is 1. The van der Waals surface area contributed by atoms with Gasteiger partial charge in [-0.25, -0.2) is 4.98 Å². The SMILES string of the molecule is Cc1nnc(-c2ccc(C(=O)N(c3nccc4cc(Cl)cc(C)c34)C3CCCNC3)cc2C)s1. The van der Waals surface area contributed by atoms with Crippen molar-refractivity contribution in [3.63, 3.8) is 0 Å². The van der Waals surface area contributed by atoms with Crippen LogP contribution in [0.5, 0.6) is 0 Å². The number of piperidine rings is 1. The van der Waals surface area contributed by atoms with E-state index >= 15 is 0 Å². The number of hydrogen-bond donors (Lipinski definition) is 1. The number of amides is 1. The lowest BCUT2D eigenvalue weighted by molar-refractivity contribution is 0.0971. The van der Waals surface area contributed by atoms with Crippen LogP contribution in [-0.2, 0) is 0 Å². The van der Waals surface area contributed by atoms with Crippen molar-refractivity contribution in [3.8, 4) is 10.6 Å². The van der Waals surface area contributed by atoms with E-state index in [1.54, 1.807) is 17.5 Å². The molecule has 0 aliphatic carbocycles. The number of hydrogen-bond acceptors (Lipinski definition) is 6. The van der Waals surface area contributed by atoms with Crippen molar-refractivity contribution in [2.75, 3.05) is 18.0 Å². The van der Waals surface area contributed by atoms with Gasteiger partial charge in [-0.2, -0.15) is 0 Å². The van der Waals surface area contributed by atoms with Gasteiger partial charge in [0.15, 0.2) is 0 Å². The Morgan fingerprint density at radius 3 is 2.68 bits per heavy atom. The molecule has 0 radical (unpaired) electrons. The Bertz CT molecular complexity index is 1380. The third-order valence-corrected chi connectivity index (χ3v) is 7.41. The van der Waals surface area contributed by atoms with E-state index in [1.165, 1.54) is 0 Å². The number of benzene rings is 2. The molecule has 3 heterocycles. The normalized spacial score (nSPS) is 16.1. The van der Waals surface area contributed by atoms with Gasteiger partial charge in [-0.3, -0.25) is 9.69 Å². The number of anilines is 1. The van der Waals surface area contributed by atoms with Gasteiger partial charge in [0, 0.05) is 34.3 Å². The molecule has 2 aromatic carbocycles. The topological polar surface area (TPSA) is 71.0 Å². The Balaban J connectivity index is 1.61. The Labute approximate surface area is 208 Å². The number of rotatable bonds is 4. The number of carbonyl (C=O) groups is 1. The lowest BCUT2D eigenvalue weighted by Gasteiger charge is -2.35. The first-order chi connectivity index (χ1) is 16.4. The molecule has 6 nitrogen and oxygen atoms in total. The van der Waals surface area contributed by atoms with E-state index in [2.05, 4.69) is 15.5 Å². The number of halogens is 1. The molecule has 1 aliphatic heterocycles. The summed E-state index contributed by atoms with van der Waals surface area (Å²) in [6, 6.07) is 11.6. The fourth-order valence-electron chi connectivity index (χ4n) is 4.71. The van der Waals surface area contributed by atoms with Crippen LogP contribution in [0.3, 0.4) is 0 Å². The maximum absolute atomic E-state index is 14.1. The number of carbonyl (C=O) groups excluding carboxylic acids is 1. The predicted octanol–water partition coefficient (Wildman–Crippen LogP) is 5.73. The average molecular weight is 492 g/mol. The highest BCUT2D eigenvalue weighted by atomic mass is 35.5. The summed E-state index contributed by atoms with van der Waals surface area (Å²) in [4.78, 5) is 20.7. The van der Waals surface area contributed by atoms with Crippen molar-refractivity contribution in [3.05, 3.63) is 69.3 Å². The lowest BCUT2D eigenvalue weighted by Crippen LogP contribution is -2.49. The van der Waals surface area contributed by atoms with E-state index in [0.717, 1.165) is 63.4 Å². The van der Waals surface area contributed by atoms with Crippen LogP contribution in [0.15, 0.2) is 42.6 Å². The second-order valence-electron chi connectivity index (χ2n) is 8.79. The first-order valence-corrected chi connectivity index (χ1v) is 12.6. The molecule has 1 saturated heterocycles. The zero-order chi connectivity index (χ0) is 23.8. The molecule has 0 bridgehead atoms. The van der Waals surface area contributed by atoms with Crippen LogP contribution < -0.4 is 10.2 Å². The average Bonchev–Trinajstić information content (AvgIpc) is 3.25. The minimum Gasteiger partial charge on any atom is -0.315 e. The van der Waals surface area contributed by atoms with Crippen LogP contribution >= 0.6 is 22.9 Å². The quantitative estimate of drug-likeness (QED) is 0.394. The third kappa shape index (κ3) is 4.31. The second kappa shape index (κ2) is 9.41. The van der Waals surface area contributed by atoms with Crippen molar-refractivity contribution in [2.24, 2.45) is 0 Å². The molecule has 1 atom stereocenters. The van der Waals surface area contributed by atoms with Crippen LogP contribution in [0.25, 0.3) is 21.3 Å². The molecular weight excluding hydrogens is 466 g/mol. The lowest BCUT2D eigenvalue weighted by atomic mass is 10.00. The summed E-state index contributed by atoms with van der Waals surface area (Å²) in [5.74, 6) is 0.637. The summed E-state index contributed by atoms with van der Waals surface area (Å²) < 4.78 is 0. The predicted molar refractivity (Wildman–Crippen MR) is 139 cm³/mol. The summed E-state index contributed by atoms with van der Waals surface area (Å²) in [5.41, 5.74) is 3.64. The molecule has 2 aromatic heterocycles. The fraction of sp³-hybridized carbons (Fsp3) is 0.308. The first kappa shape index (κ1) is 22.9. The highest BCUT2D eigenvalue weighted by Gasteiger charge is 2.30.